The molecule has 33 heavy (non-hydrogen) atoms. The highest BCUT2D eigenvalue weighted by Crippen LogP contribution is 2.47. The Morgan fingerprint density at radius 1 is 0.970 bits per heavy atom. The molecule has 2 amide bonds. The van der Waals surface area contributed by atoms with Gasteiger partial charge in [-0.3, -0.25) is 9.59 Å². The minimum atomic E-state index is -5.98. The molecule has 0 unspecified atom stereocenters. The summed E-state index contributed by atoms with van der Waals surface area (Å²) in [6, 6.07) is 8.15. The summed E-state index contributed by atoms with van der Waals surface area (Å²) in [5.74, 6) is -2.59. The number of thiophene rings is 1. The predicted molar refractivity (Wildman–Crippen MR) is 111 cm³/mol. The number of anilines is 1. The van der Waals surface area contributed by atoms with Gasteiger partial charge in [-0.1, -0.05) is 30.3 Å². The van der Waals surface area contributed by atoms with Crippen LogP contribution < -0.4 is 16.4 Å². The van der Waals surface area contributed by atoms with Crippen molar-refractivity contribution in [2.45, 2.75) is 56.5 Å². The average molecular weight is 493 g/mol. The van der Waals surface area contributed by atoms with Crippen LogP contribution in [0.4, 0.5) is 31.3 Å². The second-order valence-electron chi connectivity index (χ2n) is 7.68. The van der Waals surface area contributed by atoms with Gasteiger partial charge in [-0.2, -0.15) is 26.3 Å². The lowest BCUT2D eigenvalue weighted by molar-refractivity contribution is -0.295. The first-order valence-corrected chi connectivity index (χ1v) is 10.9. The summed E-state index contributed by atoms with van der Waals surface area (Å²) in [6.45, 7) is 0. The minimum absolute atomic E-state index is 0.0572. The van der Waals surface area contributed by atoms with Crippen LogP contribution in [0.1, 0.15) is 45.6 Å². The molecule has 1 aromatic carbocycles. The molecular formula is C21H21F6N3O2S. The fraction of sp³-hybridized carbons (Fsp3) is 0.429. The van der Waals surface area contributed by atoms with Gasteiger partial charge in [0.2, 0.25) is 5.91 Å². The predicted octanol–water partition coefficient (Wildman–Crippen LogP) is 4.71. The molecule has 2 aromatic rings. The molecule has 180 valence electrons. The highest BCUT2D eigenvalue weighted by Gasteiger charge is 2.73. The Morgan fingerprint density at radius 2 is 1.58 bits per heavy atom. The summed E-state index contributed by atoms with van der Waals surface area (Å²) in [5.41, 5.74) is 1.05. The number of hydrogen-bond donors (Lipinski definition) is 3. The van der Waals surface area contributed by atoms with E-state index in [1.54, 1.807) is 30.3 Å². The van der Waals surface area contributed by atoms with Gasteiger partial charge in [0, 0.05) is 11.3 Å². The van der Waals surface area contributed by atoms with Crippen LogP contribution in [0, 0.1) is 0 Å². The van der Waals surface area contributed by atoms with Crippen LogP contribution in [0.15, 0.2) is 30.3 Å². The maximum Gasteiger partial charge on any atom is 0.439 e. The maximum absolute atomic E-state index is 14.0. The van der Waals surface area contributed by atoms with E-state index in [1.165, 1.54) is 5.32 Å². The molecule has 5 nitrogen and oxygen atoms in total. The highest BCUT2D eigenvalue weighted by molar-refractivity contribution is 7.16. The van der Waals surface area contributed by atoms with Crippen molar-refractivity contribution in [3.63, 3.8) is 0 Å². The normalized spacial score (nSPS) is 14.5. The van der Waals surface area contributed by atoms with E-state index in [0.29, 0.717) is 53.0 Å². The van der Waals surface area contributed by atoms with Crippen LogP contribution in [0.25, 0.3) is 0 Å². The minimum Gasteiger partial charge on any atom is -0.365 e. The Kier molecular flexibility index (Phi) is 6.96. The molecule has 3 rings (SSSR count). The summed E-state index contributed by atoms with van der Waals surface area (Å²) in [7, 11) is 0. The molecular weight excluding hydrogens is 472 g/mol. The Hall–Kier alpha value is -2.76. The van der Waals surface area contributed by atoms with Crippen molar-refractivity contribution >= 4 is 28.2 Å². The van der Waals surface area contributed by atoms with E-state index in [4.69, 9.17) is 5.73 Å². The Balaban J connectivity index is 1.98. The molecule has 1 aliphatic rings. The van der Waals surface area contributed by atoms with Gasteiger partial charge in [0.15, 0.2) is 0 Å². The second-order valence-corrected chi connectivity index (χ2v) is 8.79. The monoisotopic (exact) mass is 493 g/mol. The van der Waals surface area contributed by atoms with Gasteiger partial charge >= 0.3 is 18.0 Å². The number of rotatable bonds is 7. The number of nitrogens with one attached hydrogen (secondary N) is 2. The van der Waals surface area contributed by atoms with Crippen LogP contribution in [0.5, 0.6) is 0 Å². The van der Waals surface area contributed by atoms with Crippen molar-refractivity contribution in [1.29, 1.82) is 0 Å². The Bertz CT molecular complexity index is 1000. The number of carbonyl (C=O) groups excluding carboxylic acids is 2. The third-order valence-electron chi connectivity index (χ3n) is 5.38. The number of nitrogens with two attached hydrogens (primary N) is 1. The molecule has 4 N–H and O–H groups in total. The van der Waals surface area contributed by atoms with Gasteiger partial charge in [-0.25, -0.2) is 0 Å². The lowest BCUT2D eigenvalue weighted by Crippen LogP contribution is -2.72. The highest BCUT2D eigenvalue weighted by atomic mass is 32.1. The van der Waals surface area contributed by atoms with Crippen LogP contribution >= 0.6 is 11.3 Å². The van der Waals surface area contributed by atoms with Crippen molar-refractivity contribution in [2.75, 3.05) is 5.32 Å². The number of alkyl halides is 6. The molecule has 12 heteroatoms. The molecule has 0 fully saturated rings. The summed E-state index contributed by atoms with van der Waals surface area (Å²) in [5, 5.41) is 1.91. The first-order chi connectivity index (χ1) is 15.4. The zero-order chi connectivity index (χ0) is 24.4. The van der Waals surface area contributed by atoms with Crippen molar-refractivity contribution < 1.29 is 35.9 Å². The number of amides is 2. The van der Waals surface area contributed by atoms with Gasteiger partial charge in [-0.05, 0) is 43.2 Å². The fourth-order valence-electron chi connectivity index (χ4n) is 3.73. The van der Waals surface area contributed by atoms with Crippen LogP contribution in [-0.2, 0) is 24.1 Å². The van der Waals surface area contributed by atoms with Gasteiger partial charge in [0.25, 0.3) is 5.91 Å². The van der Waals surface area contributed by atoms with Crippen molar-refractivity contribution in [3.05, 3.63) is 51.9 Å². The van der Waals surface area contributed by atoms with Crippen LogP contribution in [0.3, 0.4) is 0 Å². The Labute approximate surface area is 189 Å². The number of hydrogen-bond acceptors (Lipinski definition) is 4. The standard InChI is InChI=1S/C21H21F6N3O2S/c22-20(23,24)19(21(25,26)27,29-15(31)11-10-12-6-2-1-3-7-12)30-18-16(17(28)32)13-8-4-5-9-14(13)33-18/h1-3,6-7,30H,4-5,8-11H2,(H2,28,32)(H,29,31). The first kappa shape index (κ1) is 24.9. The molecule has 1 heterocycles. The summed E-state index contributed by atoms with van der Waals surface area (Å²) >= 11 is 0.623. The molecule has 0 aliphatic heterocycles. The fourth-order valence-corrected chi connectivity index (χ4v) is 5.08. The lowest BCUT2D eigenvalue weighted by Gasteiger charge is -2.38. The second kappa shape index (κ2) is 9.24. The average Bonchev–Trinajstić information content (AvgIpc) is 3.09. The number of carbonyl (C=O) groups is 2. The molecule has 0 saturated carbocycles. The van der Waals surface area contributed by atoms with E-state index < -0.39 is 46.8 Å². The Morgan fingerprint density at radius 3 is 2.15 bits per heavy atom. The zero-order valence-corrected chi connectivity index (χ0v) is 18.0. The van der Waals surface area contributed by atoms with Gasteiger partial charge in [-0.15, -0.1) is 11.3 Å². The van der Waals surface area contributed by atoms with E-state index in [1.807, 2.05) is 0 Å². The van der Waals surface area contributed by atoms with Gasteiger partial charge in [0.05, 0.1) is 5.56 Å². The first-order valence-electron chi connectivity index (χ1n) is 10.1. The van der Waals surface area contributed by atoms with Gasteiger partial charge in [0.1, 0.15) is 5.00 Å². The quantitative estimate of drug-likeness (QED) is 0.386. The summed E-state index contributed by atoms with van der Waals surface area (Å²) in [6.07, 6.45) is -10.6. The molecule has 0 spiro atoms. The SMILES string of the molecule is NC(=O)c1c(NC(NC(=O)CCc2ccccc2)(C(F)(F)F)C(F)(F)F)sc2c1CCCC2. The van der Waals surface area contributed by atoms with Crippen molar-refractivity contribution in [3.8, 4) is 0 Å². The van der Waals surface area contributed by atoms with E-state index >= 15 is 0 Å². The zero-order valence-electron chi connectivity index (χ0n) is 17.2. The largest absolute Gasteiger partial charge is 0.439 e. The lowest BCUT2D eigenvalue weighted by atomic mass is 9.95. The molecule has 0 bridgehead atoms. The molecule has 0 saturated heterocycles. The smallest absolute Gasteiger partial charge is 0.365 e. The summed E-state index contributed by atoms with van der Waals surface area (Å²) in [4.78, 5) is 24.8. The third kappa shape index (κ3) is 5.10. The third-order valence-corrected chi connectivity index (χ3v) is 6.59. The van der Waals surface area contributed by atoms with E-state index in [0.717, 1.165) is 5.32 Å². The molecule has 1 aliphatic carbocycles. The number of benzene rings is 1. The van der Waals surface area contributed by atoms with Crippen molar-refractivity contribution in [2.24, 2.45) is 5.73 Å². The number of primary amides is 1. The van der Waals surface area contributed by atoms with Crippen molar-refractivity contribution in [1.82, 2.24) is 5.32 Å². The number of aryl methyl sites for hydroxylation is 2. The van der Waals surface area contributed by atoms with E-state index in [2.05, 4.69) is 0 Å². The summed E-state index contributed by atoms with van der Waals surface area (Å²) < 4.78 is 83.9. The number of fused-ring (bicyclic) bond motifs is 1. The molecule has 1 aromatic heterocycles. The van der Waals surface area contributed by atoms with E-state index in [9.17, 15) is 35.9 Å². The van der Waals surface area contributed by atoms with Crippen LogP contribution in [0.2, 0.25) is 0 Å². The van der Waals surface area contributed by atoms with E-state index in [-0.39, 0.29) is 6.42 Å². The number of halogens is 6. The maximum atomic E-state index is 14.0. The van der Waals surface area contributed by atoms with Crippen LogP contribution in [-0.4, -0.2) is 29.8 Å². The molecule has 0 atom stereocenters. The topological polar surface area (TPSA) is 84.2 Å². The van der Waals surface area contributed by atoms with Gasteiger partial charge < -0.3 is 16.4 Å². The molecule has 0 radical (unpaired) electrons.